The minimum Gasteiger partial charge on any atom is -0.382 e. The molecule has 14 heavy (non-hydrogen) atoms. The van der Waals surface area contributed by atoms with Gasteiger partial charge in [-0.25, -0.2) is 0 Å². The van der Waals surface area contributed by atoms with Gasteiger partial charge >= 0.3 is 0 Å². The summed E-state index contributed by atoms with van der Waals surface area (Å²) in [6.07, 6.45) is 2.41. The van der Waals surface area contributed by atoms with Crippen molar-refractivity contribution < 1.29 is 9.53 Å². The Labute approximate surface area is 85.4 Å². The monoisotopic (exact) mass is 200 g/mol. The largest absolute Gasteiger partial charge is 0.382 e. The van der Waals surface area contributed by atoms with Crippen LogP contribution in [0.2, 0.25) is 0 Å². The van der Waals surface area contributed by atoms with Gasteiger partial charge in [-0.15, -0.1) is 0 Å². The molecule has 1 rings (SSSR count). The minimum absolute atomic E-state index is 0.0407. The third-order valence-electron chi connectivity index (χ3n) is 2.11. The molecule has 82 valence electrons. The van der Waals surface area contributed by atoms with Crippen LogP contribution in [0.25, 0.3) is 0 Å². The molecule has 0 bridgehead atoms. The number of methoxy groups -OCH3 is 1. The van der Waals surface area contributed by atoms with Crippen LogP contribution >= 0.6 is 0 Å². The predicted octanol–water partition coefficient (Wildman–Crippen LogP) is 0.280. The number of amides is 1. The number of nitrogens with one attached hydrogen (secondary N) is 2. The highest BCUT2D eigenvalue weighted by molar-refractivity contribution is 5.78. The van der Waals surface area contributed by atoms with Crippen LogP contribution in [0.15, 0.2) is 0 Å². The molecule has 4 heteroatoms. The van der Waals surface area contributed by atoms with Crippen LogP contribution in [0.3, 0.4) is 0 Å². The van der Waals surface area contributed by atoms with E-state index in [4.69, 9.17) is 4.74 Å². The molecule has 0 spiro atoms. The van der Waals surface area contributed by atoms with Gasteiger partial charge in [0.05, 0.1) is 18.7 Å². The zero-order valence-corrected chi connectivity index (χ0v) is 9.22. The topological polar surface area (TPSA) is 50.4 Å². The van der Waals surface area contributed by atoms with E-state index >= 15 is 0 Å². The predicted molar refractivity (Wildman–Crippen MR) is 55.1 cm³/mol. The van der Waals surface area contributed by atoms with Crippen LogP contribution in [-0.4, -0.2) is 37.7 Å². The molecule has 1 saturated carbocycles. The van der Waals surface area contributed by atoms with Crippen molar-refractivity contribution in [3.8, 4) is 0 Å². The van der Waals surface area contributed by atoms with E-state index in [0.29, 0.717) is 19.2 Å². The van der Waals surface area contributed by atoms with Crippen LogP contribution in [0.1, 0.15) is 26.7 Å². The van der Waals surface area contributed by atoms with E-state index in [1.165, 1.54) is 12.8 Å². The van der Waals surface area contributed by atoms with Gasteiger partial charge in [0.2, 0.25) is 5.91 Å². The Morgan fingerprint density at radius 1 is 1.50 bits per heavy atom. The lowest BCUT2D eigenvalue weighted by Crippen LogP contribution is -2.49. The second kappa shape index (κ2) is 4.75. The Kier molecular flexibility index (Phi) is 3.89. The van der Waals surface area contributed by atoms with E-state index in [-0.39, 0.29) is 11.4 Å². The molecule has 0 aromatic rings. The van der Waals surface area contributed by atoms with Crippen LogP contribution < -0.4 is 10.6 Å². The number of carbonyl (C=O) groups excluding carboxylic acids is 1. The summed E-state index contributed by atoms with van der Waals surface area (Å²) >= 11 is 0. The molecule has 4 nitrogen and oxygen atoms in total. The zero-order valence-electron chi connectivity index (χ0n) is 9.22. The highest BCUT2D eigenvalue weighted by Crippen LogP contribution is 2.17. The molecular formula is C10H20N2O2. The molecule has 0 aromatic carbocycles. The normalized spacial score (nSPS) is 16.8. The summed E-state index contributed by atoms with van der Waals surface area (Å²) in [6.45, 7) is 4.84. The van der Waals surface area contributed by atoms with E-state index < -0.39 is 0 Å². The van der Waals surface area contributed by atoms with Gasteiger partial charge in [0.1, 0.15) is 0 Å². The van der Waals surface area contributed by atoms with Crippen LogP contribution in [-0.2, 0) is 9.53 Å². The average Bonchev–Trinajstić information content (AvgIpc) is 2.82. The number of carbonyl (C=O) groups is 1. The first-order valence-electron chi connectivity index (χ1n) is 5.07. The van der Waals surface area contributed by atoms with Gasteiger partial charge in [-0.1, -0.05) is 0 Å². The maximum absolute atomic E-state index is 11.4. The number of rotatable bonds is 6. The Balaban J connectivity index is 2.16. The van der Waals surface area contributed by atoms with Crippen molar-refractivity contribution in [2.24, 2.45) is 0 Å². The molecule has 0 aromatic heterocycles. The molecule has 1 amide bonds. The molecule has 2 N–H and O–H groups in total. The fraction of sp³-hybridized carbons (Fsp3) is 0.900. The van der Waals surface area contributed by atoms with Gasteiger partial charge < -0.3 is 15.4 Å². The van der Waals surface area contributed by atoms with Gasteiger partial charge in [0.25, 0.3) is 0 Å². The second-order valence-corrected chi connectivity index (χ2v) is 4.52. The highest BCUT2D eigenvalue weighted by atomic mass is 16.5. The van der Waals surface area contributed by atoms with Gasteiger partial charge in [-0.3, -0.25) is 4.79 Å². The Hall–Kier alpha value is -0.610. The van der Waals surface area contributed by atoms with Crippen LogP contribution in [0, 0.1) is 0 Å². The first-order valence-corrected chi connectivity index (χ1v) is 5.07. The molecule has 0 saturated heterocycles. The molecule has 1 aliphatic carbocycles. The van der Waals surface area contributed by atoms with E-state index in [1.54, 1.807) is 7.11 Å². The maximum Gasteiger partial charge on any atom is 0.234 e. The molecule has 0 heterocycles. The SMILES string of the molecule is COCC(C)(C)NC(=O)CNC1CC1. The average molecular weight is 200 g/mol. The second-order valence-electron chi connectivity index (χ2n) is 4.52. The summed E-state index contributed by atoms with van der Waals surface area (Å²) in [6, 6.07) is 0.575. The summed E-state index contributed by atoms with van der Waals surface area (Å²) in [5.74, 6) is 0.0407. The van der Waals surface area contributed by atoms with Crippen molar-refractivity contribution in [1.82, 2.24) is 10.6 Å². The standard InChI is InChI=1S/C10H20N2O2/c1-10(2,7-14-3)12-9(13)6-11-8-4-5-8/h8,11H,4-7H2,1-3H3,(H,12,13). The zero-order chi connectivity index (χ0) is 10.6. The van der Waals surface area contributed by atoms with E-state index in [0.717, 1.165) is 0 Å². The first kappa shape index (κ1) is 11.5. The molecule has 0 unspecified atom stereocenters. The van der Waals surface area contributed by atoms with Gasteiger partial charge in [-0.05, 0) is 26.7 Å². The van der Waals surface area contributed by atoms with E-state index in [9.17, 15) is 4.79 Å². The summed E-state index contributed by atoms with van der Waals surface area (Å²) in [4.78, 5) is 11.4. The maximum atomic E-state index is 11.4. The van der Waals surface area contributed by atoms with Crippen LogP contribution in [0.4, 0.5) is 0 Å². The first-order chi connectivity index (χ1) is 6.53. The van der Waals surface area contributed by atoms with Crippen molar-refractivity contribution >= 4 is 5.91 Å². The third kappa shape index (κ3) is 4.58. The van der Waals surface area contributed by atoms with Crippen molar-refractivity contribution in [1.29, 1.82) is 0 Å². The Morgan fingerprint density at radius 3 is 2.64 bits per heavy atom. The highest BCUT2D eigenvalue weighted by Gasteiger charge is 2.23. The van der Waals surface area contributed by atoms with Crippen molar-refractivity contribution in [2.75, 3.05) is 20.3 Å². The summed E-state index contributed by atoms with van der Waals surface area (Å²) < 4.78 is 5.01. The third-order valence-corrected chi connectivity index (χ3v) is 2.11. The van der Waals surface area contributed by atoms with E-state index in [2.05, 4.69) is 10.6 Å². The van der Waals surface area contributed by atoms with Gasteiger partial charge in [0, 0.05) is 13.2 Å². The van der Waals surface area contributed by atoms with Crippen LogP contribution in [0.5, 0.6) is 0 Å². The quantitative estimate of drug-likeness (QED) is 0.647. The van der Waals surface area contributed by atoms with Crippen molar-refractivity contribution in [3.63, 3.8) is 0 Å². The van der Waals surface area contributed by atoms with Crippen molar-refractivity contribution in [3.05, 3.63) is 0 Å². The lowest BCUT2D eigenvalue weighted by Gasteiger charge is -2.25. The summed E-state index contributed by atoms with van der Waals surface area (Å²) in [5, 5.41) is 6.08. The fourth-order valence-electron chi connectivity index (χ4n) is 1.34. The lowest BCUT2D eigenvalue weighted by atomic mass is 10.1. The molecule has 0 radical (unpaired) electrons. The van der Waals surface area contributed by atoms with E-state index in [1.807, 2.05) is 13.8 Å². The smallest absolute Gasteiger partial charge is 0.234 e. The fourth-order valence-corrected chi connectivity index (χ4v) is 1.34. The number of hydrogen-bond donors (Lipinski definition) is 2. The molecule has 0 atom stereocenters. The molecular weight excluding hydrogens is 180 g/mol. The van der Waals surface area contributed by atoms with Gasteiger partial charge in [0.15, 0.2) is 0 Å². The summed E-state index contributed by atoms with van der Waals surface area (Å²) in [5.41, 5.74) is -0.281. The molecule has 0 aliphatic heterocycles. The minimum atomic E-state index is -0.281. The van der Waals surface area contributed by atoms with Gasteiger partial charge in [-0.2, -0.15) is 0 Å². The Bertz CT molecular complexity index is 200. The number of hydrogen-bond acceptors (Lipinski definition) is 3. The molecule has 1 aliphatic rings. The molecule has 1 fully saturated rings. The number of ether oxygens (including phenoxy) is 1. The lowest BCUT2D eigenvalue weighted by molar-refractivity contribution is -0.122. The van der Waals surface area contributed by atoms with Crippen molar-refractivity contribution in [2.45, 2.75) is 38.3 Å². The summed E-state index contributed by atoms with van der Waals surface area (Å²) in [7, 11) is 1.64. The Morgan fingerprint density at radius 2 is 2.14 bits per heavy atom.